The molecule has 0 bridgehead atoms. The van der Waals surface area contributed by atoms with Crippen LogP contribution in [0.25, 0.3) is 10.2 Å². The zero-order valence-corrected chi connectivity index (χ0v) is 15.2. The second-order valence-electron chi connectivity index (χ2n) is 5.21. The Balaban J connectivity index is 2.20. The Morgan fingerprint density at radius 2 is 1.60 bits per heavy atom. The van der Waals surface area contributed by atoms with Crippen molar-refractivity contribution in [1.82, 2.24) is 4.57 Å². The van der Waals surface area contributed by atoms with E-state index in [2.05, 4.69) is 4.99 Å². The fraction of sp³-hybridized carbons (Fsp3) is 0.222. The third kappa shape index (κ3) is 2.98. The van der Waals surface area contributed by atoms with E-state index in [0.29, 0.717) is 27.6 Å². The van der Waals surface area contributed by atoms with Crippen LogP contribution in [0.4, 0.5) is 0 Å². The SMILES string of the molecule is COc1ccccc1C(=O)N=c1sc2c(OC)ccc(OC)c2n1C. The molecule has 0 saturated heterocycles. The summed E-state index contributed by atoms with van der Waals surface area (Å²) in [5.74, 6) is 1.54. The number of amides is 1. The molecule has 3 aromatic rings. The maximum Gasteiger partial charge on any atom is 0.283 e. The van der Waals surface area contributed by atoms with Crippen molar-refractivity contribution in [1.29, 1.82) is 0 Å². The third-order valence-corrected chi connectivity index (χ3v) is 4.99. The van der Waals surface area contributed by atoms with Crippen LogP contribution in [0.3, 0.4) is 0 Å². The highest BCUT2D eigenvalue weighted by atomic mass is 32.1. The van der Waals surface area contributed by atoms with Gasteiger partial charge in [0.25, 0.3) is 5.91 Å². The molecule has 130 valence electrons. The normalized spacial score (nSPS) is 11.6. The largest absolute Gasteiger partial charge is 0.496 e. The number of rotatable bonds is 4. The maximum absolute atomic E-state index is 12.6. The van der Waals surface area contributed by atoms with Crippen LogP contribution in [0.15, 0.2) is 41.4 Å². The lowest BCUT2D eigenvalue weighted by molar-refractivity contribution is 0.0995. The number of aromatic nitrogens is 1. The number of carbonyl (C=O) groups excluding carboxylic acids is 1. The van der Waals surface area contributed by atoms with E-state index in [1.165, 1.54) is 18.4 Å². The standard InChI is InChI=1S/C18H18N2O4S/c1-20-15-13(23-3)9-10-14(24-4)16(15)25-18(20)19-17(21)11-7-5-6-8-12(11)22-2/h5-10H,1-4H3. The smallest absolute Gasteiger partial charge is 0.283 e. The minimum absolute atomic E-state index is 0.363. The van der Waals surface area contributed by atoms with Gasteiger partial charge in [0.15, 0.2) is 4.80 Å². The van der Waals surface area contributed by atoms with Crippen LogP contribution < -0.4 is 19.0 Å². The predicted octanol–water partition coefficient (Wildman–Crippen LogP) is 3.01. The molecule has 25 heavy (non-hydrogen) atoms. The molecule has 7 heteroatoms. The lowest BCUT2D eigenvalue weighted by Crippen LogP contribution is -2.14. The minimum Gasteiger partial charge on any atom is -0.496 e. The highest BCUT2D eigenvalue weighted by Gasteiger charge is 2.16. The van der Waals surface area contributed by atoms with E-state index in [9.17, 15) is 4.79 Å². The number of carbonyl (C=O) groups is 1. The van der Waals surface area contributed by atoms with Gasteiger partial charge in [-0.25, -0.2) is 0 Å². The molecule has 0 radical (unpaired) electrons. The number of hydrogen-bond donors (Lipinski definition) is 0. The van der Waals surface area contributed by atoms with Gasteiger partial charge in [-0.15, -0.1) is 0 Å². The molecule has 3 rings (SSSR count). The van der Waals surface area contributed by atoms with E-state index in [-0.39, 0.29) is 5.91 Å². The van der Waals surface area contributed by atoms with Crippen LogP contribution in [-0.2, 0) is 7.05 Å². The lowest BCUT2D eigenvalue weighted by atomic mass is 10.2. The van der Waals surface area contributed by atoms with E-state index in [4.69, 9.17) is 14.2 Å². The maximum atomic E-state index is 12.6. The number of methoxy groups -OCH3 is 3. The van der Waals surface area contributed by atoms with E-state index in [1.807, 2.05) is 29.8 Å². The van der Waals surface area contributed by atoms with Gasteiger partial charge in [-0.1, -0.05) is 23.5 Å². The molecule has 0 aliphatic rings. The van der Waals surface area contributed by atoms with Gasteiger partial charge in [0.2, 0.25) is 0 Å². The molecule has 1 aromatic heterocycles. The summed E-state index contributed by atoms with van der Waals surface area (Å²) in [5, 5.41) is 0. The summed E-state index contributed by atoms with van der Waals surface area (Å²) in [6, 6.07) is 10.7. The number of ether oxygens (including phenoxy) is 3. The summed E-state index contributed by atoms with van der Waals surface area (Å²) in [6.07, 6.45) is 0. The highest BCUT2D eigenvalue weighted by molar-refractivity contribution is 7.16. The molecule has 0 aliphatic heterocycles. The number of thiazole rings is 1. The van der Waals surface area contributed by atoms with E-state index < -0.39 is 0 Å². The van der Waals surface area contributed by atoms with Crippen molar-refractivity contribution in [3.63, 3.8) is 0 Å². The van der Waals surface area contributed by atoms with Crippen molar-refractivity contribution in [2.75, 3.05) is 21.3 Å². The average Bonchev–Trinajstić information content (AvgIpc) is 2.97. The van der Waals surface area contributed by atoms with Crippen LogP contribution in [0.1, 0.15) is 10.4 Å². The van der Waals surface area contributed by atoms with Crippen molar-refractivity contribution in [2.24, 2.45) is 12.0 Å². The van der Waals surface area contributed by atoms with Crippen molar-refractivity contribution in [3.05, 3.63) is 46.8 Å². The Bertz CT molecular complexity index is 1000. The Morgan fingerprint density at radius 1 is 0.960 bits per heavy atom. The van der Waals surface area contributed by atoms with E-state index in [1.54, 1.807) is 32.4 Å². The summed E-state index contributed by atoms with van der Waals surface area (Å²) in [6.45, 7) is 0. The second kappa shape index (κ2) is 6.98. The van der Waals surface area contributed by atoms with E-state index >= 15 is 0 Å². The van der Waals surface area contributed by atoms with Crippen LogP contribution in [0, 0.1) is 0 Å². The van der Waals surface area contributed by atoms with Crippen molar-refractivity contribution in [2.45, 2.75) is 0 Å². The predicted molar refractivity (Wildman–Crippen MR) is 96.8 cm³/mol. The summed E-state index contributed by atoms with van der Waals surface area (Å²) >= 11 is 1.37. The molecule has 0 unspecified atom stereocenters. The summed E-state index contributed by atoms with van der Waals surface area (Å²) in [7, 11) is 6.59. The zero-order chi connectivity index (χ0) is 18.0. The first-order valence-electron chi connectivity index (χ1n) is 7.53. The first kappa shape index (κ1) is 17.0. The van der Waals surface area contributed by atoms with Gasteiger partial charge in [0, 0.05) is 7.05 Å². The van der Waals surface area contributed by atoms with Gasteiger partial charge in [-0.3, -0.25) is 4.79 Å². The van der Waals surface area contributed by atoms with Crippen LogP contribution in [0.2, 0.25) is 0 Å². The first-order chi connectivity index (χ1) is 12.1. The lowest BCUT2D eigenvalue weighted by Gasteiger charge is -2.06. The highest BCUT2D eigenvalue weighted by Crippen LogP contribution is 2.34. The monoisotopic (exact) mass is 358 g/mol. The van der Waals surface area contributed by atoms with Gasteiger partial charge >= 0.3 is 0 Å². The van der Waals surface area contributed by atoms with Crippen molar-refractivity contribution in [3.8, 4) is 17.2 Å². The molecule has 0 aliphatic carbocycles. The van der Waals surface area contributed by atoms with Crippen molar-refractivity contribution < 1.29 is 19.0 Å². The molecule has 2 aromatic carbocycles. The van der Waals surface area contributed by atoms with Crippen molar-refractivity contribution >= 4 is 27.5 Å². The Morgan fingerprint density at radius 3 is 2.28 bits per heavy atom. The van der Waals surface area contributed by atoms with Gasteiger partial charge in [0.1, 0.15) is 27.5 Å². The number of aryl methyl sites for hydroxylation is 1. The summed E-state index contributed by atoms with van der Waals surface area (Å²) in [5.41, 5.74) is 1.25. The van der Waals surface area contributed by atoms with Gasteiger partial charge < -0.3 is 18.8 Å². The molecular weight excluding hydrogens is 340 g/mol. The fourth-order valence-corrected chi connectivity index (χ4v) is 3.72. The van der Waals surface area contributed by atoms with Crippen LogP contribution >= 0.6 is 11.3 Å². The number of para-hydroxylation sites is 1. The zero-order valence-electron chi connectivity index (χ0n) is 14.4. The average molecular weight is 358 g/mol. The summed E-state index contributed by atoms with van der Waals surface area (Å²) in [4.78, 5) is 17.4. The minimum atomic E-state index is -0.363. The molecule has 0 atom stereocenters. The topological polar surface area (TPSA) is 62.1 Å². The quantitative estimate of drug-likeness (QED) is 0.719. The molecule has 0 saturated carbocycles. The van der Waals surface area contributed by atoms with Gasteiger partial charge in [0.05, 0.1) is 26.9 Å². The third-order valence-electron chi connectivity index (χ3n) is 3.85. The molecule has 0 spiro atoms. The molecule has 0 N–H and O–H groups in total. The fourth-order valence-electron chi connectivity index (χ4n) is 2.60. The molecule has 6 nitrogen and oxygen atoms in total. The Kier molecular flexibility index (Phi) is 4.76. The molecule has 0 fully saturated rings. The summed E-state index contributed by atoms with van der Waals surface area (Å²) < 4.78 is 18.8. The molecule has 1 heterocycles. The van der Waals surface area contributed by atoms with Crippen LogP contribution in [0.5, 0.6) is 17.2 Å². The Labute approximate surface area is 148 Å². The molecular formula is C18H18N2O4S. The number of benzene rings is 2. The van der Waals surface area contributed by atoms with E-state index in [0.717, 1.165) is 10.2 Å². The van der Waals surface area contributed by atoms with Crippen LogP contribution in [-0.4, -0.2) is 31.8 Å². The van der Waals surface area contributed by atoms with Gasteiger partial charge in [-0.05, 0) is 24.3 Å². The number of fused-ring (bicyclic) bond motifs is 1. The first-order valence-corrected chi connectivity index (χ1v) is 8.35. The Hall–Kier alpha value is -2.80. The number of hydrogen-bond acceptors (Lipinski definition) is 5. The van der Waals surface area contributed by atoms with Gasteiger partial charge in [-0.2, -0.15) is 4.99 Å². The molecule has 1 amide bonds. The number of nitrogens with zero attached hydrogens (tertiary/aromatic N) is 2. The second-order valence-corrected chi connectivity index (χ2v) is 6.19.